The molecule has 0 atom stereocenters. The minimum Gasteiger partial charge on any atom is -0.206 e. The highest BCUT2D eigenvalue weighted by Gasteiger charge is 2.07. The maximum Gasteiger partial charge on any atom is 0.134 e. The van der Waals surface area contributed by atoms with E-state index in [9.17, 15) is 4.39 Å². The van der Waals surface area contributed by atoms with E-state index in [4.69, 9.17) is 0 Å². The molecule has 0 nitrogen and oxygen atoms in total. The Balaban J connectivity index is 1.75. The summed E-state index contributed by atoms with van der Waals surface area (Å²) < 4.78 is 14.7. The number of hydrogen-bond donors (Lipinski definition) is 0. The molecule has 3 rings (SSSR count). The van der Waals surface area contributed by atoms with Gasteiger partial charge in [0.05, 0.1) is 0 Å². The molecular weight excluding hydrogens is 343 g/mol. The number of rotatable bonds is 7. The SMILES string of the molecule is C=CCCc1ccc2cc(C#Cc3ccc(CCCCC)cc3)ccc2c1F. The van der Waals surface area contributed by atoms with Gasteiger partial charge in [0.1, 0.15) is 5.82 Å². The molecule has 0 saturated carbocycles. The molecule has 0 aromatic heterocycles. The van der Waals surface area contributed by atoms with Crippen molar-refractivity contribution in [1.29, 1.82) is 0 Å². The second-order valence-corrected chi connectivity index (χ2v) is 7.21. The van der Waals surface area contributed by atoms with Crippen LogP contribution in [0.5, 0.6) is 0 Å². The monoisotopic (exact) mass is 370 g/mol. The fourth-order valence-electron chi connectivity index (χ4n) is 3.34. The average Bonchev–Trinajstić information content (AvgIpc) is 2.73. The number of halogens is 1. The van der Waals surface area contributed by atoms with Crippen LogP contribution in [-0.4, -0.2) is 0 Å². The molecule has 1 heteroatoms. The normalized spacial score (nSPS) is 10.5. The maximum absolute atomic E-state index is 14.7. The van der Waals surface area contributed by atoms with Crippen molar-refractivity contribution in [1.82, 2.24) is 0 Å². The molecule has 3 aromatic rings. The van der Waals surface area contributed by atoms with Gasteiger partial charge in [-0.15, -0.1) is 6.58 Å². The lowest BCUT2D eigenvalue weighted by Crippen LogP contribution is -1.92. The Bertz CT molecular complexity index is 1000. The van der Waals surface area contributed by atoms with Crippen LogP contribution in [0.4, 0.5) is 4.39 Å². The van der Waals surface area contributed by atoms with Gasteiger partial charge in [-0.05, 0) is 66.5 Å². The third-order valence-corrected chi connectivity index (χ3v) is 5.03. The topological polar surface area (TPSA) is 0 Å². The first kappa shape index (κ1) is 19.9. The van der Waals surface area contributed by atoms with Crippen molar-refractivity contribution in [2.75, 3.05) is 0 Å². The first-order chi connectivity index (χ1) is 13.7. The molecule has 0 aliphatic heterocycles. The first-order valence-electron chi connectivity index (χ1n) is 10.1. The zero-order chi connectivity index (χ0) is 19.8. The molecule has 0 aliphatic carbocycles. The van der Waals surface area contributed by atoms with Crippen molar-refractivity contribution in [3.63, 3.8) is 0 Å². The van der Waals surface area contributed by atoms with Gasteiger partial charge in [-0.3, -0.25) is 0 Å². The third-order valence-electron chi connectivity index (χ3n) is 5.03. The summed E-state index contributed by atoms with van der Waals surface area (Å²) in [6.45, 7) is 5.93. The van der Waals surface area contributed by atoms with Crippen LogP contribution < -0.4 is 0 Å². The zero-order valence-electron chi connectivity index (χ0n) is 16.6. The minimum atomic E-state index is -0.127. The minimum absolute atomic E-state index is 0.127. The van der Waals surface area contributed by atoms with E-state index in [1.807, 2.05) is 36.4 Å². The Morgan fingerprint density at radius 1 is 0.893 bits per heavy atom. The van der Waals surface area contributed by atoms with Gasteiger partial charge in [-0.2, -0.15) is 0 Å². The Hall–Kier alpha value is -2.85. The lowest BCUT2D eigenvalue weighted by Gasteiger charge is -2.06. The molecule has 0 fully saturated rings. The Morgan fingerprint density at radius 2 is 1.64 bits per heavy atom. The summed E-state index contributed by atoms with van der Waals surface area (Å²) in [5.74, 6) is 6.30. The van der Waals surface area contributed by atoms with Crippen molar-refractivity contribution in [3.05, 3.63) is 95.3 Å². The Labute approximate surface area is 168 Å². The fraction of sp³-hybridized carbons (Fsp3) is 0.259. The van der Waals surface area contributed by atoms with E-state index in [2.05, 4.69) is 49.6 Å². The van der Waals surface area contributed by atoms with Gasteiger partial charge in [0.15, 0.2) is 0 Å². The van der Waals surface area contributed by atoms with Crippen LogP contribution in [0.3, 0.4) is 0 Å². The lowest BCUT2D eigenvalue weighted by atomic mass is 10.0. The summed E-state index contributed by atoms with van der Waals surface area (Å²) in [6.07, 6.45) is 8.18. The number of hydrogen-bond acceptors (Lipinski definition) is 0. The molecule has 3 aromatic carbocycles. The standard InChI is InChI=1S/C27H27F/c1-3-5-7-8-21-10-12-22(13-11-21)14-15-23-16-19-26-25(20-23)18-17-24(27(26)28)9-6-4-2/h4,10-13,16-20H,2-3,5-9H2,1H3. The van der Waals surface area contributed by atoms with Crippen molar-refractivity contribution >= 4 is 10.8 Å². The van der Waals surface area contributed by atoms with Gasteiger partial charge in [-0.25, -0.2) is 4.39 Å². The molecule has 0 heterocycles. The van der Waals surface area contributed by atoms with Crippen LogP contribution in [0.15, 0.2) is 67.3 Å². The van der Waals surface area contributed by atoms with Crippen LogP contribution in [0.1, 0.15) is 54.9 Å². The number of benzene rings is 3. The van der Waals surface area contributed by atoms with E-state index in [1.165, 1.54) is 24.8 Å². The van der Waals surface area contributed by atoms with Gasteiger partial charge in [0.2, 0.25) is 0 Å². The molecule has 28 heavy (non-hydrogen) atoms. The molecule has 142 valence electrons. The van der Waals surface area contributed by atoms with Gasteiger partial charge in [0, 0.05) is 16.5 Å². The largest absolute Gasteiger partial charge is 0.206 e. The van der Waals surface area contributed by atoms with Crippen LogP contribution in [0, 0.1) is 17.7 Å². The highest BCUT2D eigenvalue weighted by Crippen LogP contribution is 2.23. The molecular formula is C27H27F. The van der Waals surface area contributed by atoms with Gasteiger partial charge in [0.25, 0.3) is 0 Å². The number of unbranched alkanes of at least 4 members (excludes halogenated alkanes) is 2. The summed E-state index contributed by atoms with van der Waals surface area (Å²) in [4.78, 5) is 0. The van der Waals surface area contributed by atoms with Gasteiger partial charge >= 0.3 is 0 Å². The van der Waals surface area contributed by atoms with Crippen LogP contribution in [0.2, 0.25) is 0 Å². The summed E-state index contributed by atoms with van der Waals surface area (Å²) in [5, 5.41) is 1.54. The summed E-state index contributed by atoms with van der Waals surface area (Å²) >= 11 is 0. The Morgan fingerprint density at radius 3 is 2.39 bits per heavy atom. The molecule has 0 unspecified atom stereocenters. The van der Waals surface area contributed by atoms with Gasteiger partial charge in [-0.1, -0.05) is 68.0 Å². The molecule has 0 aliphatic rings. The highest BCUT2D eigenvalue weighted by atomic mass is 19.1. The van der Waals surface area contributed by atoms with Crippen molar-refractivity contribution in [3.8, 4) is 11.8 Å². The average molecular weight is 371 g/mol. The molecule has 0 bridgehead atoms. The molecule has 0 saturated heterocycles. The predicted molar refractivity (Wildman–Crippen MR) is 118 cm³/mol. The second-order valence-electron chi connectivity index (χ2n) is 7.21. The van der Waals surface area contributed by atoms with Crippen molar-refractivity contribution < 1.29 is 4.39 Å². The lowest BCUT2D eigenvalue weighted by molar-refractivity contribution is 0.621. The quantitative estimate of drug-likeness (QED) is 0.234. The number of aryl methyl sites for hydroxylation is 2. The highest BCUT2D eigenvalue weighted by molar-refractivity contribution is 5.85. The summed E-state index contributed by atoms with van der Waals surface area (Å²) in [7, 11) is 0. The predicted octanol–water partition coefficient (Wildman–Crippen LogP) is 7.23. The van der Waals surface area contributed by atoms with Gasteiger partial charge < -0.3 is 0 Å². The summed E-state index contributed by atoms with van der Waals surface area (Å²) in [6, 6.07) is 18.0. The van der Waals surface area contributed by atoms with Crippen LogP contribution in [-0.2, 0) is 12.8 Å². The first-order valence-corrected chi connectivity index (χ1v) is 10.1. The van der Waals surface area contributed by atoms with Crippen molar-refractivity contribution in [2.45, 2.75) is 45.4 Å². The molecule has 0 radical (unpaired) electrons. The van der Waals surface area contributed by atoms with E-state index < -0.39 is 0 Å². The van der Waals surface area contributed by atoms with E-state index in [0.29, 0.717) is 11.8 Å². The van der Waals surface area contributed by atoms with E-state index in [-0.39, 0.29) is 5.82 Å². The zero-order valence-corrected chi connectivity index (χ0v) is 16.6. The molecule has 0 spiro atoms. The summed E-state index contributed by atoms with van der Waals surface area (Å²) in [5.41, 5.74) is 4.01. The second kappa shape index (κ2) is 9.90. The van der Waals surface area contributed by atoms with E-state index >= 15 is 0 Å². The number of fused-ring (bicyclic) bond motifs is 1. The van der Waals surface area contributed by atoms with Crippen LogP contribution >= 0.6 is 0 Å². The van der Waals surface area contributed by atoms with Crippen LogP contribution in [0.25, 0.3) is 10.8 Å². The smallest absolute Gasteiger partial charge is 0.134 e. The van der Waals surface area contributed by atoms with E-state index in [0.717, 1.165) is 34.9 Å². The molecule has 0 amide bonds. The molecule has 0 N–H and O–H groups in total. The Kier molecular flexibility index (Phi) is 7.04. The number of allylic oxidation sites excluding steroid dienone is 1. The van der Waals surface area contributed by atoms with E-state index in [1.54, 1.807) is 0 Å². The third kappa shape index (κ3) is 5.11. The fourth-order valence-corrected chi connectivity index (χ4v) is 3.34. The maximum atomic E-state index is 14.7. The van der Waals surface area contributed by atoms with Crippen molar-refractivity contribution in [2.24, 2.45) is 0 Å².